The van der Waals surface area contributed by atoms with E-state index in [-0.39, 0.29) is 24.0 Å². The van der Waals surface area contributed by atoms with Crippen molar-refractivity contribution in [3.8, 4) is 5.75 Å². The van der Waals surface area contributed by atoms with Crippen LogP contribution in [0.5, 0.6) is 5.75 Å². The molecule has 7 heteroatoms. The van der Waals surface area contributed by atoms with E-state index in [0.29, 0.717) is 31.7 Å². The Bertz CT molecular complexity index is 842. The minimum atomic E-state index is -0.697. The summed E-state index contributed by atoms with van der Waals surface area (Å²) in [6.07, 6.45) is 6.15. The fourth-order valence-electron chi connectivity index (χ4n) is 5.64. The van der Waals surface area contributed by atoms with Crippen molar-refractivity contribution >= 4 is 11.8 Å². The smallest absolute Gasteiger partial charge is 0.246 e. The number of piperazine rings is 1. The average Bonchev–Trinajstić information content (AvgIpc) is 2.85. The number of hydrogen-bond donors (Lipinski definition) is 1. The molecule has 194 valence electrons. The predicted molar refractivity (Wildman–Crippen MR) is 136 cm³/mol. The maximum absolute atomic E-state index is 13.4. The van der Waals surface area contributed by atoms with Gasteiger partial charge in [0, 0.05) is 39.0 Å². The number of rotatable bonds is 9. The Kier molecular flexibility index (Phi) is 8.71. The van der Waals surface area contributed by atoms with Crippen LogP contribution in [-0.4, -0.2) is 72.1 Å². The monoisotopic (exact) mass is 485 g/mol. The van der Waals surface area contributed by atoms with Crippen molar-refractivity contribution in [1.29, 1.82) is 0 Å². The van der Waals surface area contributed by atoms with Crippen molar-refractivity contribution < 1.29 is 19.1 Å². The number of carbonyl (C=O) groups is 2. The Hall–Kier alpha value is -2.12. The second-order valence-electron chi connectivity index (χ2n) is 10.9. The van der Waals surface area contributed by atoms with Gasteiger partial charge in [-0.3, -0.25) is 14.5 Å². The molecule has 3 aliphatic heterocycles. The summed E-state index contributed by atoms with van der Waals surface area (Å²) in [6.45, 7) is 11.0. The van der Waals surface area contributed by atoms with E-state index in [1.165, 1.54) is 5.56 Å². The summed E-state index contributed by atoms with van der Waals surface area (Å²) < 4.78 is 11.5. The van der Waals surface area contributed by atoms with Gasteiger partial charge in [-0.1, -0.05) is 39.3 Å². The first-order valence-electron chi connectivity index (χ1n) is 13.6. The molecule has 3 aliphatic rings. The molecule has 2 amide bonds. The van der Waals surface area contributed by atoms with E-state index in [2.05, 4.69) is 55.3 Å². The Labute approximate surface area is 210 Å². The first-order valence-corrected chi connectivity index (χ1v) is 13.6. The first kappa shape index (κ1) is 26.0. The largest absolute Gasteiger partial charge is 0.490 e. The lowest BCUT2D eigenvalue weighted by Crippen LogP contribution is -2.73. The fraction of sp³-hybridized carbons (Fsp3) is 0.714. The summed E-state index contributed by atoms with van der Waals surface area (Å²) in [5.74, 6) is 1.44. The number of piperidine rings is 1. The van der Waals surface area contributed by atoms with E-state index in [4.69, 9.17) is 9.47 Å². The zero-order chi connectivity index (χ0) is 24.8. The molecule has 0 aromatic heterocycles. The highest BCUT2D eigenvalue weighted by molar-refractivity contribution is 6.00. The van der Waals surface area contributed by atoms with Gasteiger partial charge < -0.3 is 19.7 Å². The number of nitrogens with zero attached hydrogens (tertiary/aromatic N) is 2. The molecule has 7 nitrogen and oxygen atoms in total. The maximum atomic E-state index is 13.4. The molecule has 3 heterocycles. The van der Waals surface area contributed by atoms with Crippen LogP contribution in [0.3, 0.4) is 0 Å². The van der Waals surface area contributed by atoms with Crippen LogP contribution in [0.2, 0.25) is 0 Å². The normalized spacial score (nSPS) is 23.7. The molecule has 0 radical (unpaired) electrons. The molecule has 1 aromatic rings. The van der Waals surface area contributed by atoms with Gasteiger partial charge in [-0.15, -0.1) is 0 Å². The van der Waals surface area contributed by atoms with Crippen molar-refractivity contribution in [3.63, 3.8) is 0 Å². The Morgan fingerprint density at radius 2 is 1.80 bits per heavy atom. The number of unbranched alkanes of at least 4 members (excludes halogenated alkanes) is 1. The van der Waals surface area contributed by atoms with Crippen molar-refractivity contribution in [2.24, 2.45) is 5.92 Å². The molecule has 0 bridgehead atoms. The van der Waals surface area contributed by atoms with E-state index >= 15 is 0 Å². The van der Waals surface area contributed by atoms with Crippen molar-refractivity contribution in [3.05, 3.63) is 29.8 Å². The van der Waals surface area contributed by atoms with Gasteiger partial charge in [0.05, 0.1) is 13.2 Å². The molecule has 1 atom stereocenters. The molecule has 1 N–H and O–H groups in total. The number of hydrogen-bond acceptors (Lipinski definition) is 5. The standard InChI is InChI=1S/C28H43N3O4/c1-4-5-14-31-26(32)25(19-21(2)3)29-27(33)28(31)12-15-30(16-13-28)20-22-6-8-23(9-7-22)35-24-10-17-34-18-11-24/h6-9,21,24-25H,4-5,10-20H2,1-3H3,(H,29,33)/t25-/m0/s1. The molecular weight excluding hydrogens is 442 g/mol. The predicted octanol–water partition coefficient (Wildman–Crippen LogP) is 3.75. The van der Waals surface area contributed by atoms with Crippen LogP contribution in [0.1, 0.15) is 71.3 Å². The van der Waals surface area contributed by atoms with Gasteiger partial charge in [0.15, 0.2) is 0 Å². The number of ether oxygens (including phenoxy) is 2. The van der Waals surface area contributed by atoms with Crippen LogP contribution in [0.25, 0.3) is 0 Å². The number of likely N-dealkylation sites (tertiary alicyclic amines) is 1. The highest BCUT2D eigenvalue weighted by Gasteiger charge is 2.53. The molecule has 0 aliphatic carbocycles. The lowest BCUT2D eigenvalue weighted by Gasteiger charge is -2.52. The van der Waals surface area contributed by atoms with E-state index in [9.17, 15) is 9.59 Å². The summed E-state index contributed by atoms with van der Waals surface area (Å²) in [6, 6.07) is 8.01. The third-order valence-electron chi connectivity index (χ3n) is 7.74. The summed E-state index contributed by atoms with van der Waals surface area (Å²) in [7, 11) is 0. The summed E-state index contributed by atoms with van der Waals surface area (Å²) >= 11 is 0. The van der Waals surface area contributed by atoms with Crippen LogP contribution in [0.4, 0.5) is 0 Å². The van der Waals surface area contributed by atoms with Crippen molar-refractivity contribution in [2.45, 2.75) is 89.9 Å². The third-order valence-corrected chi connectivity index (χ3v) is 7.74. The summed E-state index contributed by atoms with van der Waals surface area (Å²) in [4.78, 5) is 31.2. The number of carbonyl (C=O) groups excluding carboxylic acids is 2. The minimum absolute atomic E-state index is 0.0492. The second kappa shape index (κ2) is 11.7. The van der Waals surface area contributed by atoms with Crippen LogP contribution < -0.4 is 10.1 Å². The van der Waals surface area contributed by atoms with Gasteiger partial charge in [0.1, 0.15) is 23.4 Å². The number of amides is 2. The lowest BCUT2D eigenvalue weighted by molar-refractivity contribution is -0.161. The van der Waals surface area contributed by atoms with E-state index in [0.717, 1.165) is 64.3 Å². The van der Waals surface area contributed by atoms with Gasteiger partial charge in [0.25, 0.3) is 0 Å². The molecular formula is C28H43N3O4. The molecule has 3 fully saturated rings. The maximum Gasteiger partial charge on any atom is 0.246 e. The SMILES string of the molecule is CCCCN1C(=O)[C@H](CC(C)C)NC(=O)C12CCN(Cc1ccc(OC3CCOCC3)cc1)CC2. The average molecular weight is 486 g/mol. The van der Waals surface area contributed by atoms with Crippen molar-refractivity contribution in [1.82, 2.24) is 15.1 Å². The summed E-state index contributed by atoms with van der Waals surface area (Å²) in [5.41, 5.74) is 0.543. The van der Waals surface area contributed by atoms with E-state index < -0.39 is 5.54 Å². The Morgan fingerprint density at radius 3 is 2.43 bits per heavy atom. The van der Waals surface area contributed by atoms with Gasteiger partial charge in [0.2, 0.25) is 11.8 Å². The minimum Gasteiger partial charge on any atom is -0.490 e. The highest BCUT2D eigenvalue weighted by Crippen LogP contribution is 2.35. The number of benzene rings is 1. The van der Waals surface area contributed by atoms with E-state index in [1.807, 2.05) is 4.90 Å². The molecule has 3 saturated heterocycles. The van der Waals surface area contributed by atoms with Crippen LogP contribution in [0, 0.1) is 5.92 Å². The van der Waals surface area contributed by atoms with Crippen LogP contribution in [-0.2, 0) is 20.9 Å². The van der Waals surface area contributed by atoms with E-state index in [1.54, 1.807) is 0 Å². The zero-order valence-electron chi connectivity index (χ0n) is 21.8. The molecule has 0 unspecified atom stereocenters. The summed E-state index contributed by atoms with van der Waals surface area (Å²) in [5, 5.41) is 3.10. The third kappa shape index (κ3) is 6.18. The van der Waals surface area contributed by atoms with Gasteiger partial charge >= 0.3 is 0 Å². The molecule has 1 spiro atoms. The van der Waals surface area contributed by atoms with Crippen LogP contribution in [0.15, 0.2) is 24.3 Å². The molecule has 0 saturated carbocycles. The van der Waals surface area contributed by atoms with Gasteiger partial charge in [-0.2, -0.15) is 0 Å². The van der Waals surface area contributed by atoms with Crippen LogP contribution >= 0.6 is 0 Å². The fourth-order valence-corrected chi connectivity index (χ4v) is 5.64. The van der Waals surface area contributed by atoms with Crippen molar-refractivity contribution in [2.75, 3.05) is 32.8 Å². The quantitative estimate of drug-likeness (QED) is 0.577. The zero-order valence-corrected chi connectivity index (χ0v) is 21.8. The molecule has 4 rings (SSSR count). The van der Waals surface area contributed by atoms with Gasteiger partial charge in [-0.05, 0) is 49.3 Å². The molecule has 35 heavy (non-hydrogen) atoms. The molecule has 1 aromatic carbocycles. The van der Waals surface area contributed by atoms with Gasteiger partial charge in [-0.25, -0.2) is 0 Å². The topological polar surface area (TPSA) is 71.1 Å². The Balaban J connectivity index is 1.36. The lowest BCUT2D eigenvalue weighted by atomic mass is 9.80. The number of nitrogens with one attached hydrogen (secondary N) is 1. The highest BCUT2D eigenvalue weighted by atomic mass is 16.5. The Morgan fingerprint density at radius 1 is 1.11 bits per heavy atom. The first-order chi connectivity index (χ1) is 16.9. The second-order valence-corrected chi connectivity index (χ2v) is 10.9.